The molecule has 0 aliphatic carbocycles. The van der Waals surface area contributed by atoms with Crippen LogP contribution in [0.15, 0.2) is 35.6 Å². The zero-order chi connectivity index (χ0) is 22.8. The summed E-state index contributed by atoms with van der Waals surface area (Å²) in [5.74, 6) is -0.202. The first-order valence-corrected chi connectivity index (χ1v) is 13.5. The summed E-state index contributed by atoms with van der Waals surface area (Å²) in [7, 11) is -7.05. The van der Waals surface area contributed by atoms with Crippen LogP contribution in [0.1, 0.15) is 29.4 Å². The summed E-state index contributed by atoms with van der Waals surface area (Å²) in [6.45, 7) is 2.48. The Kier molecular flexibility index (Phi) is 6.87. The zero-order valence-corrected chi connectivity index (χ0v) is 19.4. The lowest BCUT2D eigenvalue weighted by Crippen LogP contribution is -2.41. The van der Waals surface area contributed by atoms with Crippen molar-refractivity contribution < 1.29 is 26.4 Å². The van der Waals surface area contributed by atoms with Gasteiger partial charge in [-0.3, -0.25) is 4.79 Å². The number of rotatable bonds is 7. The molecule has 2 aromatic rings. The Hall–Kier alpha value is -2.24. The molecule has 1 amide bonds. The first-order valence-electron chi connectivity index (χ1n) is 9.46. The van der Waals surface area contributed by atoms with E-state index in [-0.39, 0.29) is 35.2 Å². The van der Waals surface area contributed by atoms with Crippen LogP contribution in [0.3, 0.4) is 0 Å². The molecule has 0 bridgehead atoms. The molecule has 1 aromatic carbocycles. The number of carbonyl (C=O) groups excluding carboxylic acids is 1. The van der Waals surface area contributed by atoms with Gasteiger partial charge in [0.25, 0.3) is 5.91 Å². The lowest BCUT2D eigenvalue weighted by molar-refractivity contribution is 0.0674. The molecule has 1 unspecified atom stereocenters. The van der Waals surface area contributed by atoms with Crippen molar-refractivity contribution in [2.45, 2.75) is 31.1 Å². The van der Waals surface area contributed by atoms with E-state index in [1.54, 1.807) is 24.3 Å². The summed E-state index contributed by atoms with van der Waals surface area (Å²) in [6, 6.07) is 6.48. The fourth-order valence-electron chi connectivity index (χ4n) is 3.26. The van der Waals surface area contributed by atoms with Crippen molar-refractivity contribution in [1.29, 1.82) is 0 Å². The highest BCUT2D eigenvalue weighted by Gasteiger charge is 2.36. The predicted molar refractivity (Wildman–Crippen MR) is 115 cm³/mol. The fourth-order valence-corrected chi connectivity index (χ4v) is 5.66. The molecule has 1 atom stereocenters. The molecule has 9 nitrogen and oxygen atoms in total. The molecule has 31 heavy (non-hydrogen) atoms. The van der Waals surface area contributed by atoms with Crippen LogP contribution in [0.4, 0.5) is 0 Å². The monoisotopic (exact) mass is 487 g/mol. The number of halogens is 1. The van der Waals surface area contributed by atoms with E-state index in [0.717, 1.165) is 18.0 Å². The SMILES string of the molecule is CCOc1ccc(CN(C(=O)c2nc(S(C)(=O)=O)ncc2Cl)C2CCS(=O)(=O)C2)cc1. The van der Waals surface area contributed by atoms with Gasteiger partial charge >= 0.3 is 0 Å². The summed E-state index contributed by atoms with van der Waals surface area (Å²) in [4.78, 5) is 22.3. The second kappa shape index (κ2) is 9.09. The molecule has 1 aliphatic rings. The maximum Gasteiger partial charge on any atom is 0.274 e. The lowest BCUT2D eigenvalue weighted by Gasteiger charge is -2.28. The minimum Gasteiger partial charge on any atom is -0.494 e. The van der Waals surface area contributed by atoms with E-state index in [0.29, 0.717) is 12.4 Å². The van der Waals surface area contributed by atoms with Gasteiger partial charge in [0.05, 0.1) is 29.3 Å². The summed E-state index contributed by atoms with van der Waals surface area (Å²) in [5.41, 5.74) is 0.460. The maximum absolute atomic E-state index is 13.4. The van der Waals surface area contributed by atoms with E-state index in [4.69, 9.17) is 16.3 Å². The topological polar surface area (TPSA) is 124 Å². The summed E-state index contributed by atoms with van der Waals surface area (Å²) in [5, 5.41) is -0.643. The van der Waals surface area contributed by atoms with Gasteiger partial charge in [0, 0.05) is 18.8 Å². The van der Waals surface area contributed by atoms with Crippen molar-refractivity contribution in [1.82, 2.24) is 14.9 Å². The van der Waals surface area contributed by atoms with E-state index >= 15 is 0 Å². The first kappa shape index (κ1) is 23.4. The highest BCUT2D eigenvalue weighted by molar-refractivity contribution is 7.91. The van der Waals surface area contributed by atoms with Crippen LogP contribution >= 0.6 is 11.6 Å². The molecule has 1 aliphatic heterocycles. The van der Waals surface area contributed by atoms with Crippen molar-refractivity contribution in [2.75, 3.05) is 24.4 Å². The van der Waals surface area contributed by atoms with E-state index < -0.39 is 36.8 Å². The highest BCUT2D eigenvalue weighted by atomic mass is 35.5. The van der Waals surface area contributed by atoms with Crippen molar-refractivity contribution in [2.24, 2.45) is 0 Å². The van der Waals surface area contributed by atoms with Gasteiger partial charge in [-0.1, -0.05) is 23.7 Å². The fraction of sp³-hybridized carbons (Fsp3) is 0.421. The second-order valence-corrected chi connectivity index (χ2v) is 11.7. The number of carbonyl (C=O) groups is 1. The van der Waals surface area contributed by atoms with Crippen LogP contribution in [0.2, 0.25) is 5.02 Å². The normalized spacial score (nSPS) is 18.0. The van der Waals surface area contributed by atoms with Gasteiger partial charge in [-0.05, 0) is 31.0 Å². The molecule has 3 rings (SSSR count). The van der Waals surface area contributed by atoms with Crippen molar-refractivity contribution in [3.05, 3.63) is 46.7 Å². The molecule has 0 spiro atoms. The lowest BCUT2D eigenvalue weighted by atomic mass is 10.1. The number of amides is 1. The van der Waals surface area contributed by atoms with Crippen LogP contribution in [0.25, 0.3) is 0 Å². The Morgan fingerprint density at radius 1 is 1.29 bits per heavy atom. The highest BCUT2D eigenvalue weighted by Crippen LogP contribution is 2.25. The summed E-state index contributed by atoms with van der Waals surface area (Å²) < 4.78 is 53.1. The standard InChI is InChI=1S/C19H22ClN3O6S2/c1-3-29-15-6-4-13(5-7-15)11-23(14-8-9-31(27,28)12-14)18(24)17-16(20)10-21-19(22-17)30(2,25)26/h4-7,10,14H,3,8-9,11-12H2,1-2H3. The van der Waals surface area contributed by atoms with Gasteiger partial charge in [0.15, 0.2) is 15.5 Å². The van der Waals surface area contributed by atoms with Gasteiger partial charge in [-0.15, -0.1) is 0 Å². The molecule has 168 valence electrons. The Balaban J connectivity index is 1.97. The van der Waals surface area contributed by atoms with Crippen LogP contribution in [0, 0.1) is 0 Å². The smallest absolute Gasteiger partial charge is 0.274 e. The molecular formula is C19H22ClN3O6S2. The summed E-state index contributed by atoms with van der Waals surface area (Å²) >= 11 is 6.10. The van der Waals surface area contributed by atoms with Crippen LogP contribution in [-0.2, 0) is 26.2 Å². The van der Waals surface area contributed by atoms with Crippen LogP contribution in [0.5, 0.6) is 5.75 Å². The average Bonchev–Trinajstić information content (AvgIpc) is 3.06. The van der Waals surface area contributed by atoms with Gasteiger partial charge in [-0.25, -0.2) is 26.8 Å². The minimum absolute atomic E-state index is 0.0309. The number of benzene rings is 1. The second-order valence-electron chi connectivity index (χ2n) is 7.19. The summed E-state index contributed by atoms with van der Waals surface area (Å²) in [6.07, 6.45) is 2.25. The first-order chi connectivity index (χ1) is 14.5. The van der Waals surface area contributed by atoms with Gasteiger partial charge in [0.1, 0.15) is 5.75 Å². The number of sulfone groups is 2. The van der Waals surface area contributed by atoms with Crippen LogP contribution in [-0.4, -0.2) is 68.0 Å². The van der Waals surface area contributed by atoms with Crippen molar-refractivity contribution in [3.8, 4) is 5.75 Å². The number of nitrogens with zero attached hydrogens (tertiary/aromatic N) is 3. The number of hydrogen-bond donors (Lipinski definition) is 0. The van der Waals surface area contributed by atoms with E-state index in [9.17, 15) is 21.6 Å². The Morgan fingerprint density at radius 3 is 2.52 bits per heavy atom. The average molecular weight is 488 g/mol. The van der Waals surface area contributed by atoms with Crippen molar-refractivity contribution >= 4 is 37.2 Å². The third-order valence-corrected chi connectivity index (χ3v) is 7.64. The molecule has 1 fully saturated rings. The largest absolute Gasteiger partial charge is 0.494 e. The third kappa shape index (κ3) is 5.72. The number of aromatic nitrogens is 2. The molecule has 2 heterocycles. The number of ether oxygens (including phenoxy) is 1. The Labute approximate surface area is 186 Å². The van der Waals surface area contributed by atoms with Crippen LogP contribution < -0.4 is 4.74 Å². The predicted octanol–water partition coefficient (Wildman–Crippen LogP) is 1.76. The molecule has 1 saturated heterocycles. The molecule has 0 saturated carbocycles. The third-order valence-electron chi connectivity index (χ3n) is 4.75. The van der Waals surface area contributed by atoms with Crippen molar-refractivity contribution in [3.63, 3.8) is 0 Å². The van der Waals surface area contributed by atoms with Gasteiger partial charge < -0.3 is 9.64 Å². The molecular weight excluding hydrogens is 466 g/mol. The molecule has 0 N–H and O–H groups in total. The minimum atomic E-state index is -3.77. The van der Waals surface area contributed by atoms with E-state index in [1.807, 2.05) is 6.92 Å². The molecule has 0 radical (unpaired) electrons. The molecule has 12 heteroatoms. The Morgan fingerprint density at radius 2 is 1.97 bits per heavy atom. The van der Waals surface area contributed by atoms with E-state index in [1.165, 1.54) is 4.90 Å². The molecule has 1 aromatic heterocycles. The van der Waals surface area contributed by atoms with Gasteiger partial charge in [-0.2, -0.15) is 0 Å². The maximum atomic E-state index is 13.4. The number of hydrogen-bond acceptors (Lipinski definition) is 8. The quantitative estimate of drug-likeness (QED) is 0.541. The van der Waals surface area contributed by atoms with Gasteiger partial charge in [0.2, 0.25) is 15.0 Å². The zero-order valence-electron chi connectivity index (χ0n) is 17.0. The Bertz CT molecular complexity index is 1180. The van der Waals surface area contributed by atoms with E-state index in [2.05, 4.69) is 9.97 Å².